The molecule has 0 unspecified atom stereocenters. The van der Waals surface area contributed by atoms with Crippen molar-refractivity contribution in [2.45, 2.75) is 26.3 Å². The molecule has 1 N–H and O–H groups in total. The van der Waals surface area contributed by atoms with Gasteiger partial charge in [0.15, 0.2) is 0 Å². The molecule has 1 aliphatic rings. The van der Waals surface area contributed by atoms with Crippen LogP contribution in [0.2, 0.25) is 0 Å². The molecule has 0 radical (unpaired) electrons. The summed E-state index contributed by atoms with van der Waals surface area (Å²) in [5, 5.41) is 7.19. The van der Waals surface area contributed by atoms with Crippen LogP contribution < -0.4 is 5.32 Å². The van der Waals surface area contributed by atoms with Gasteiger partial charge in [0, 0.05) is 52.4 Å². The number of nitrogens with zero attached hydrogens (tertiary/aromatic N) is 4. The summed E-state index contributed by atoms with van der Waals surface area (Å²) in [5.74, 6) is 0.770. The average Bonchev–Trinajstić information content (AvgIpc) is 2.83. The summed E-state index contributed by atoms with van der Waals surface area (Å²) in [4.78, 5) is 17.0. The van der Waals surface area contributed by atoms with E-state index in [1.54, 1.807) is 11.8 Å². The molecule has 0 saturated carbocycles. The Balaban J connectivity index is 1.83. The predicted octanol–water partition coefficient (Wildman–Crippen LogP) is 0.710. The molecule has 0 bridgehead atoms. The van der Waals surface area contributed by atoms with Crippen molar-refractivity contribution >= 4 is 11.7 Å². The van der Waals surface area contributed by atoms with Crippen LogP contribution in [0, 0.1) is 6.92 Å². The first-order valence-electron chi connectivity index (χ1n) is 8.29. The Morgan fingerprint density at radius 3 is 2.87 bits per heavy atom. The number of hydrogen-bond donors (Lipinski definition) is 1. The molecule has 0 spiro atoms. The molecule has 2 rings (SSSR count). The van der Waals surface area contributed by atoms with Gasteiger partial charge in [-0.15, -0.1) is 0 Å². The van der Waals surface area contributed by atoms with Crippen molar-refractivity contribution < 1.29 is 9.53 Å². The number of carbonyl (C=O) groups is 1. The van der Waals surface area contributed by atoms with Gasteiger partial charge in [-0.2, -0.15) is 5.10 Å². The van der Waals surface area contributed by atoms with Crippen LogP contribution in [-0.2, 0) is 16.6 Å². The van der Waals surface area contributed by atoms with Gasteiger partial charge >= 0.3 is 0 Å². The molecule has 1 aliphatic heterocycles. The van der Waals surface area contributed by atoms with E-state index in [1.165, 1.54) is 0 Å². The van der Waals surface area contributed by atoms with Crippen LogP contribution in [0.5, 0.6) is 0 Å². The standard InChI is InChI=1S/C16H29N5O2/c1-5-14-11-20(6-7-21(14)8-9-23-4)12-16(22)17-15-10-13(2)18-19(15)3/h10,14H,5-9,11-12H2,1-4H3,(H,17,22)/t14-/m0/s1. The molecular formula is C16H29N5O2. The monoisotopic (exact) mass is 323 g/mol. The van der Waals surface area contributed by atoms with Crippen molar-refractivity contribution in [3.8, 4) is 0 Å². The second-order valence-electron chi connectivity index (χ2n) is 6.17. The molecule has 1 amide bonds. The molecule has 0 aliphatic carbocycles. The Morgan fingerprint density at radius 1 is 1.48 bits per heavy atom. The number of hydrogen-bond acceptors (Lipinski definition) is 5. The van der Waals surface area contributed by atoms with E-state index in [0.717, 1.165) is 50.7 Å². The highest BCUT2D eigenvalue weighted by Gasteiger charge is 2.26. The lowest BCUT2D eigenvalue weighted by atomic mass is 10.1. The van der Waals surface area contributed by atoms with E-state index in [4.69, 9.17) is 4.74 Å². The van der Waals surface area contributed by atoms with Crippen LogP contribution in [0.25, 0.3) is 0 Å². The topological polar surface area (TPSA) is 62.6 Å². The van der Waals surface area contributed by atoms with Crippen LogP contribution in [0.15, 0.2) is 6.07 Å². The Hall–Kier alpha value is -1.44. The molecule has 1 aromatic heterocycles. The number of nitrogens with one attached hydrogen (secondary N) is 1. The summed E-state index contributed by atoms with van der Waals surface area (Å²) >= 11 is 0. The third-order valence-electron chi connectivity index (χ3n) is 4.38. The Labute approximate surface area is 138 Å². The molecular weight excluding hydrogens is 294 g/mol. The van der Waals surface area contributed by atoms with Gasteiger partial charge in [0.25, 0.3) is 0 Å². The van der Waals surface area contributed by atoms with Gasteiger partial charge < -0.3 is 10.1 Å². The first kappa shape index (κ1) is 17.9. The molecule has 7 nitrogen and oxygen atoms in total. The number of amides is 1. The molecule has 1 aromatic rings. The van der Waals surface area contributed by atoms with Gasteiger partial charge in [0.2, 0.25) is 5.91 Å². The number of aryl methyl sites for hydroxylation is 2. The Morgan fingerprint density at radius 2 is 2.26 bits per heavy atom. The predicted molar refractivity (Wildman–Crippen MR) is 90.5 cm³/mol. The zero-order valence-corrected chi connectivity index (χ0v) is 14.7. The maximum absolute atomic E-state index is 12.3. The van der Waals surface area contributed by atoms with Gasteiger partial charge in [-0.05, 0) is 13.3 Å². The third-order valence-corrected chi connectivity index (χ3v) is 4.38. The molecule has 2 heterocycles. The SMILES string of the molecule is CC[C@H]1CN(CC(=O)Nc2cc(C)nn2C)CCN1CCOC. The summed E-state index contributed by atoms with van der Waals surface area (Å²) in [6.45, 7) is 9.10. The van der Waals surface area contributed by atoms with E-state index in [2.05, 4.69) is 27.1 Å². The summed E-state index contributed by atoms with van der Waals surface area (Å²) < 4.78 is 6.88. The number of aromatic nitrogens is 2. The van der Waals surface area contributed by atoms with Gasteiger partial charge in [-0.25, -0.2) is 0 Å². The first-order chi connectivity index (χ1) is 11.0. The van der Waals surface area contributed by atoms with Crippen molar-refractivity contribution in [2.24, 2.45) is 7.05 Å². The maximum atomic E-state index is 12.3. The summed E-state index contributed by atoms with van der Waals surface area (Å²) in [5.41, 5.74) is 0.903. The second kappa shape index (κ2) is 8.42. The van der Waals surface area contributed by atoms with E-state index in [-0.39, 0.29) is 5.91 Å². The maximum Gasteiger partial charge on any atom is 0.239 e. The summed E-state index contributed by atoms with van der Waals surface area (Å²) in [6, 6.07) is 2.38. The minimum atomic E-state index is 0.0215. The smallest absolute Gasteiger partial charge is 0.239 e. The van der Waals surface area contributed by atoms with Crippen LogP contribution >= 0.6 is 0 Å². The van der Waals surface area contributed by atoms with Gasteiger partial charge in [0.05, 0.1) is 18.8 Å². The normalized spacial score (nSPS) is 19.9. The number of piperazine rings is 1. The molecule has 1 saturated heterocycles. The van der Waals surface area contributed by atoms with Gasteiger partial charge in [-0.1, -0.05) is 6.92 Å². The summed E-state index contributed by atoms with van der Waals surface area (Å²) in [6.07, 6.45) is 1.09. The Kier molecular flexibility index (Phi) is 6.56. The van der Waals surface area contributed by atoms with Crippen molar-refractivity contribution in [1.82, 2.24) is 19.6 Å². The van der Waals surface area contributed by atoms with Crippen LogP contribution in [0.1, 0.15) is 19.0 Å². The largest absolute Gasteiger partial charge is 0.383 e. The lowest BCUT2D eigenvalue weighted by molar-refractivity contribution is -0.118. The fraction of sp³-hybridized carbons (Fsp3) is 0.750. The van der Waals surface area contributed by atoms with Crippen molar-refractivity contribution in [1.29, 1.82) is 0 Å². The third kappa shape index (κ3) is 5.02. The van der Waals surface area contributed by atoms with Gasteiger partial charge in [-0.3, -0.25) is 19.3 Å². The van der Waals surface area contributed by atoms with Crippen LogP contribution in [0.3, 0.4) is 0 Å². The molecule has 23 heavy (non-hydrogen) atoms. The van der Waals surface area contributed by atoms with Crippen LogP contribution in [0.4, 0.5) is 5.82 Å². The van der Waals surface area contributed by atoms with Crippen molar-refractivity contribution in [3.05, 3.63) is 11.8 Å². The number of carbonyl (C=O) groups excluding carboxylic acids is 1. The van der Waals surface area contributed by atoms with Crippen LogP contribution in [-0.4, -0.2) is 78.0 Å². The van der Waals surface area contributed by atoms with E-state index >= 15 is 0 Å². The number of rotatable bonds is 7. The number of anilines is 1. The zero-order valence-electron chi connectivity index (χ0n) is 14.7. The fourth-order valence-electron chi connectivity index (χ4n) is 3.10. The fourth-order valence-corrected chi connectivity index (χ4v) is 3.10. The zero-order chi connectivity index (χ0) is 16.8. The minimum Gasteiger partial charge on any atom is -0.383 e. The number of methoxy groups -OCH3 is 1. The van der Waals surface area contributed by atoms with E-state index in [9.17, 15) is 4.79 Å². The average molecular weight is 323 g/mol. The lowest BCUT2D eigenvalue weighted by Gasteiger charge is -2.40. The second-order valence-corrected chi connectivity index (χ2v) is 6.17. The van der Waals surface area contributed by atoms with E-state index in [1.807, 2.05) is 20.0 Å². The minimum absolute atomic E-state index is 0.0215. The molecule has 1 fully saturated rings. The van der Waals surface area contributed by atoms with Gasteiger partial charge in [0.1, 0.15) is 5.82 Å². The molecule has 130 valence electrons. The highest BCUT2D eigenvalue weighted by atomic mass is 16.5. The quantitative estimate of drug-likeness (QED) is 0.801. The highest BCUT2D eigenvalue weighted by molar-refractivity contribution is 5.91. The summed E-state index contributed by atoms with van der Waals surface area (Å²) in [7, 11) is 3.58. The van der Waals surface area contributed by atoms with E-state index < -0.39 is 0 Å². The Bertz CT molecular complexity index is 517. The van der Waals surface area contributed by atoms with E-state index in [0.29, 0.717) is 12.6 Å². The van der Waals surface area contributed by atoms with Crippen molar-refractivity contribution in [2.75, 3.05) is 51.8 Å². The number of ether oxygens (including phenoxy) is 1. The first-order valence-corrected chi connectivity index (χ1v) is 8.29. The lowest BCUT2D eigenvalue weighted by Crippen LogP contribution is -2.54. The molecule has 7 heteroatoms. The van der Waals surface area contributed by atoms with Crippen molar-refractivity contribution in [3.63, 3.8) is 0 Å². The highest BCUT2D eigenvalue weighted by Crippen LogP contribution is 2.13. The molecule has 0 aromatic carbocycles. The molecule has 1 atom stereocenters.